The molecule has 2 aromatic carbocycles. The highest BCUT2D eigenvalue weighted by molar-refractivity contribution is 5.78. The highest BCUT2D eigenvalue weighted by Crippen LogP contribution is 2.52. The fourth-order valence-electron chi connectivity index (χ4n) is 5.45. The van der Waals surface area contributed by atoms with Crippen LogP contribution in [0.4, 0.5) is 5.69 Å². The average Bonchev–Trinajstić information content (AvgIpc) is 3.56. The molecule has 2 fully saturated rings. The zero-order chi connectivity index (χ0) is 21.3. The van der Waals surface area contributed by atoms with Crippen molar-refractivity contribution in [1.82, 2.24) is 4.98 Å². The molecule has 2 saturated heterocycles. The molecule has 0 aliphatic carbocycles. The third-order valence-electron chi connectivity index (χ3n) is 7.01. The van der Waals surface area contributed by atoms with Crippen LogP contribution in [-0.2, 0) is 15.0 Å². The fraction of sp³-hybridized carbons (Fsp3) is 0.280. The molecule has 2 bridgehead atoms. The van der Waals surface area contributed by atoms with Gasteiger partial charge in [0.25, 0.3) is 6.02 Å². The van der Waals surface area contributed by atoms with Gasteiger partial charge in [-0.25, -0.2) is 4.99 Å². The molecule has 3 aromatic rings. The van der Waals surface area contributed by atoms with E-state index in [0.29, 0.717) is 18.8 Å². The number of fused-ring (bicyclic) bond motifs is 6. The van der Waals surface area contributed by atoms with Crippen molar-refractivity contribution in [2.45, 2.75) is 24.1 Å². The number of aromatic nitrogens is 1. The molecule has 32 heavy (non-hydrogen) atoms. The molecule has 7 heteroatoms. The molecule has 3 atom stereocenters. The molecule has 1 aromatic heterocycles. The van der Waals surface area contributed by atoms with E-state index in [1.807, 2.05) is 36.5 Å². The van der Waals surface area contributed by atoms with E-state index in [2.05, 4.69) is 28.1 Å². The lowest BCUT2D eigenvalue weighted by Gasteiger charge is -2.36. The number of anilines is 1. The molecule has 7 rings (SSSR count). The molecule has 0 unspecified atom stereocenters. The first kappa shape index (κ1) is 18.0. The number of morpholine rings is 1. The summed E-state index contributed by atoms with van der Waals surface area (Å²) < 4.78 is 17.9. The maximum absolute atomic E-state index is 6.35. The van der Waals surface area contributed by atoms with Crippen molar-refractivity contribution in [3.63, 3.8) is 0 Å². The maximum Gasteiger partial charge on any atom is 0.283 e. The lowest BCUT2D eigenvalue weighted by atomic mass is 9.80. The van der Waals surface area contributed by atoms with Crippen LogP contribution in [-0.4, -0.2) is 42.9 Å². The summed E-state index contributed by atoms with van der Waals surface area (Å²) >= 11 is 0. The molecule has 0 saturated carbocycles. The number of hydrogen-bond donors (Lipinski definition) is 1. The third kappa shape index (κ3) is 2.51. The fourth-order valence-corrected chi connectivity index (χ4v) is 5.45. The molecule has 7 nitrogen and oxygen atoms in total. The van der Waals surface area contributed by atoms with Gasteiger partial charge >= 0.3 is 0 Å². The number of benzene rings is 2. The van der Waals surface area contributed by atoms with Gasteiger partial charge in [-0.05, 0) is 48.4 Å². The first-order valence-corrected chi connectivity index (χ1v) is 10.9. The van der Waals surface area contributed by atoms with E-state index in [1.165, 1.54) is 0 Å². The van der Waals surface area contributed by atoms with Gasteiger partial charge in [-0.1, -0.05) is 12.1 Å². The molecule has 0 amide bonds. The van der Waals surface area contributed by atoms with Crippen LogP contribution < -0.4 is 15.4 Å². The number of amidine groups is 1. The predicted octanol–water partition coefficient (Wildman–Crippen LogP) is 3.42. The minimum atomic E-state index is -0.740. The zero-order valence-corrected chi connectivity index (χ0v) is 17.4. The van der Waals surface area contributed by atoms with Gasteiger partial charge in [0.1, 0.15) is 18.1 Å². The lowest BCUT2D eigenvalue weighted by molar-refractivity contribution is 0.0991. The minimum Gasteiger partial charge on any atom is -0.462 e. The summed E-state index contributed by atoms with van der Waals surface area (Å²) in [6, 6.07) is 17.2. The molecular formula is C25H22N4O3. The van der Waals surface area contributed by atoms with Gasteiger partial charge in [0.2, 0.25) is 0 Å². The van der Waals surface area contributed by atoms with Crippen LogP contribution in [0.3, 0.4) is 0 Å². The number of hydrogen-bond acceptors (Lipinski definition) is 7. The van der Waals surface area contributed by atoms with Crippen molar-refractivity contribution in [1.29, 1.82) is 0 Å². The van der Waals surface area contributed by atoms with E-state index in [-0.39, 0.29) is 6.02 Å². The van der Waals surface area contributed by atoms with Gasteiger partial charge in [0, 0.05) is 41.3 Å². The Morgan fingerprint density at radius 1 is 1.03 bits per heavy atom. The standard InChI is InChI=1S/C25H22N4O3/c26-24-28-25(14-31-24)20-8-15(16-2-1-7-27-11-16)3-5-22(20)32-23-6-4-17(10-21(23)25)29-12-19-9-18(29)13-30-19/h1-8,10-11,18-19H,9,12-14H2,(H2,26,28)/t18-,19-,25-/m0/s1. The van der Waals surface area contributed by atoms with Crippen LogP contribution in [0.15, 0.2) is 65.9 Å². The molecular weight excluding hydrogens is 404 g/mol. The van der Waals surface area contributed by atoms with Crippen molar-refractivity contribution in [2.75, 3.05) is 24.7 Å². The summed E-state index contributed by atoms with van der Waals surface area (Å²) in [5, 5.41) is 0. The van der Waals surface area contributed by atoms with E-state index < -0.39 is 5.54 Å². The number of pyridine rings is 1. The predicted molar refractivity (Wildman–Crippen MR) is 120 cm³/mol. The van der Waals surface area contributed by atoms with Crippen molar-refractivity contribution in [2.24, 2.45) is 10.7 Å². The number of nitrogens with two attached hydrogens (primary N) is 1. The summed E-state index contributed by atoms with van der Waals surface area (Å²) in [6.45, 7) is 2.05. The van der Waals surface area contributed by atoms with Crippen LogP contribution in [0.25, 0.3) is 11.1 Å². The molecule has 1 spiro atoms. The second-order valence-corrected chi connectivity index (χ2v) is 8.83. The number of aliphatic imine (C=N–C) groups is 1. The SMILES string of the molecule is NC1=N[C@@]2(CO1)c1cc(-c3cccnc3)ccc1Oc1ccc(N3C[C@@H]4C[C@H]3CO4)cc12. The summed E-state index contributed by atoms with van der Waals surface area (Å²) in [5.74, 6) is 1.56. The minimum absolute atomic E-state index is 0.203. The number of ether oxygens (including phenoxy) is 3. The first-order valence-electron chi connectivity index (χ1n) is 10.9. The van der Waals surface area contributed by atoms with Gasteiger partial charge in [0.15, 0.2) is 5.54 Å². The molecule has 160 valence electrons. The zero-order valence-electron chi connectivity index (χ0n) is 17.4. The Hall–Kier alpha value is -3.58. The second kappa shape index (κ2) is 6.46. The number of rotatable bonds is 2. The quantitative estimate of drug-likeness (QED) is 0.676. The van der Waals surface area contributed by atoms with Crippen molar-refractivity contribution in [3.8, 4) is 22.6 Å². The largest absolute Gasteiger partial charge is 0.462 e. The Bertz CT molecular complexity index is 1260. The van der Waals surface area contributed by atoms with Crippen molar-refractivity contribution in [3.05, 3.63) is 72.1 Å². The summed E-state index contributed by atoms with van der Waals surface area (Å²) in [4.78, 5) is 11.5. The Morgan fingerprint density at radius 2 is 1.91 bits per heavy atom. The molecule has 2 N–H and O–H groups in total. The van der Waals surface area contributed by atoms with Crippen LogP contribution in [0.5, 0.6) is 11.5 Å². The molecule has 5 heterocycles. The van der Waals surface area contributed by atoms with Gasteiger partial charge < -0.3 is 24.8 Å². The smallest absolute Gasteiger partial charge is 0.283 e. The van der Waals surface area contributed by atoms with Crippen molar-refractivity contribution >= 4 is 11.7 Å². The summed E-state index contributed by atoms with van der Waals surface area (Å²) in [5.41, 5.74) is 10.5. The van der Waals surface area contributed by atoms with E-state index in [9.17, 15) is 0 Å². The Morgan fingerprint density at radius 3 is 2.62 bits per heavy atom. The normalized spacial score (nSPS) is 27.0. The molecule has 0 radical (unpaired) electrons. The van der Waals surface area contributed by atoms with Crippen molar-refractivity contribution < 1.29 is 14.2 Å². The highest BCUT2D eigenvalue weighted by Gasteiger charge is 2.48. The van der Waals surface area contributed by atoms with Gasteiger partial charge in [-0.15, -0.1) is 0 Å². The average molecular weight is 426 g/mol. The van der Waals surface area contributed by atoms with Gasteiger partial charge in [-0.3, -0.25) is 4.98 Å². The molecule has 4 aliphatic rings. The second-order valence-electron chi connectivity index (χ2n) is 8.83. The first-order chi connectivity index (χ1) is 15.7. The van der Waals surface area contributed by atoms with E-state index in [0.717, 1.165) is 59.0 Å². The van der Waals surface area contributed by atoms with Gasteiger partial charge in [0.05, 0.1) is 18.8 Å². The Labute approximate surface area is 185 Å². The topological polar surface area (TPSA) is 82.2 Å². The van der Waals surface area contributed by atoms with E-state index in [4.69, 9.17) is 24.9 Å². The van der Waals surface area contributed by atoms with E-state index >= 15 is 0 Å². The van der Waals surface area contributed by atoms with Crippen LogP contribution in [0.2, 0.25) is 0 Å². The summed E-state index contributed by atoms with van der Waals surface area (Å²) in [7, 11) is 0. The molecule has 4 aliphatic heterocycles. The van der Waals surface area contributed by atoms with E-state index in [1.54, 1.807) is 6.20 Å². The Balaban J connectivity index is 1.38. The lowest BCUT2D eigenvalue weighted by Crippen LogP contribution is -2.37. The van der Waals surface area contributed by atoms with Gasteiger partial charge in [-0.2, -0.15) is 0 Å². The summed E-state index contributed by atoms with van der Waals surface area (Å²) in [6.07, 6.45) is 5.05. The monoisotopic (exact) mass is 426 g/mol. The number of nitrogens with zero attached hydrogens (tertiary/aromatic N) is 3. The maximum atomic E-state index is 6.35. The van der Waals surface area contributed by atoms with Crippen LogP contribution in [0, 0.1) is 0 Å². The highest BCUT2D eigenvalue weighted by atomic mass is 16.5. The third-order valence-corrected chi connectivity index (χ3v) is 7.01. The van der Waals surface area contributed by atoms with Crippen LogP contribution in [0.1, 0.15) is 17.5 Å². The Kier molecular flexibility index (Phi) is 3.64. The van der Waals surface area contributed by atoms with Crippen LogP contribution >= 0.6 is 0 Å².